The summed E-state index contributed by atoms with van der Waals surface area (Å²) in [6.45, 7) is 9.90. The highest BCUT2D eigenvalue weighted by atomic mass is 19.1. The van der Waals surface area contributed by atoms with Gasteiger partial charge in [-0.05, 0) is 51.5 Å². The predicted octanol–water partition coefficient (Wildman–Crippen LogP) is 2.98. The van der Waals surface area contributed by atoms with Gasteiger partial charge in [-0.15, -0.1) is 0 Å². The molecule has 164 valence electrons. The van der Waals surface area contributed by atoms with Crippen LogP contribution in [0, 0.1) is 10.8 Å². The van der Waals surface area contributed by atoms with Crippen molar-refractivity contribution in [1.82, 2.24) is 9.80 Å². The Morgan fingerprint density at radius 1 is 0.857 bits per heavy atom. The van der Waals surface area contributed by atoms with Crippen LogP contribution in [0.15, 0.2) is 0 Å². The van der Waals surface area contributed by atoms with Crippen LogP contribution >= 0.6 is 0 Å². The molecule has 5 nitrogen and oxygen atoms in total. The summed E-state index contributed by atoms with van der Waals surface area (Å²) in [4.78, 5) is 4.82. The average Bonchev–Trinajstić information content (AvgIpc) is 3.57. The molecule has 0 N–H and O–H groups in total. The van der Waals surface area contributed by atoms with Crippen LogP contribution in [0.5, 0.6) is 0 Å². The van der Waals surface area contributed by atoms with Gasteiger partial charge in [0.05, 0.1) is 19.8 Å². The van der Waals surface area contributed by atoms with Gasteiger partial charge in [-0.25, -0.2) is 4.39 Å². The number of nitrogens with zero attached hydrogens (tertiary/aromatic N) is 2. The van der Waals surface area contributed by atoms with E-state index >= 15 is 0 Å². The monoisotopic (exact) mass is 400 g/mol. The maximum absolute atomic E-state index is 13.1. The number of methoxy groups -OCH3 is 2. The van der Waals surface area contributed by atoms with E-state index in [1.165, 1.54) is 45.2 Å². The van der Waals surface area contributed by atoms with E-state index in [0.29, 0.717) is 17.4 Å². The summed E-state index contributed by atoms with van der Waals surface area (Å²) in [6.07, 6.45) is 7.57. The van der Waals surface area contributed by atoms with Crippen molar-refractivity contribution in [1.29, 1.82) is 0 Å². The molecule has 0 aromatic rings. The normalized spacial score (nSPS) is 29.5. The van der Waals surface area contributed by atoms with Gasteiger partial charge in [0.25, 0.3) is 0 Å². The molecule has 2 aliphatic carbocycles. The summed E-state index contributed by atoms with van der Waals surface area (Å²) < 4.78 is 29.1. The first kappa shape index (κ1) is 22.4. The lowest BCUT2D eigenvalue weighted by atomic mass is 10.0. The van der Waals surface area contributed by atoms with Crippen molar-refractivity contribution < 1.29 is 18.6 Å². The third-order valence-corrected chi connectivity index (χ3v) is 6.70. The molecule has 0 aromatic carbocycles. The van der Waals surface area contributed by atoms with Gasteiger partial charge in [0.15, 0.2) is 0 Å². The van der Waals surface area contributed by atoms with Crippen LogP contribution in [0.1, 0.15) is 44.9 Å². The number of alkyl halides is 1. The molecule has 0 bridgehead atoms. The standard InChI is InChI=1S/C11H20FNO.C11H21NO2/c1-14-9-11(4-5-11)8-13-6-2-3-10(12)7-13;1-13-10-11(3-4-11)9-12-5-2-7-14-8-6-12/h10H,2-9H2,1H3;2-10H2,1H3. The highest BCUT2D eigenvalue weighted by Gasteiger charge is 2.44. The van der Waals surface area contributed by atoms with Crippen molar-refractivity contribution >= 4 is 0 Å². The molecule has 2 saturated heterocycles. The van der Waals surface area contributed by atoms with Crippen LogP contribution < -0.4 is 0 Å². The Bertz CT molecular complexity index is 427. The fourth-order valence-corrected chi connectivity index (χ4v) is 4.71. The molecule has 1 unspecified atom stereocenters. The summed E-state index contributed by atoms with van der Waals surface area (Å²) in [5, 5.41) is 0. The van der Waals surface area contributed by atoms with Gasteiger partial charge >= 0.3 is 0 Å². The number of hydrogen-bond acceptors (Lipinski definition) is 5. The van der Waals surface area contributed by atoms with Crippen molar-refractivity contribution in [3.05, 3.63) is 0 Å². The largest absolute Gasteiger partial charge is 0.384 e. The number of piperidine rings is 1. The van der Waals surface area contributed by atoms with Gasteiger partial charge < -0.3 is 19.1 Å². The van der Waals surface area contributed by atoms with Crippen LogP contribution in [0.25, 0.3) is 0 Å². The zero-order chi connectivity index (χ0) is 19.9. The van der Waals surface area contributed by atoms with Crippen molar-refractivity contribution in [2.45, 2.75) is 51.1 Å². The zero-order valence-electron chi connectivity index (χ0n) is 18.1. The van der Waals surface area contributed by atoms with Gasteiger partial charge in [0, 0.05) is 64.4 Å². The summed E-state index contributed by atoms with van der Waals surface area (Å²) in [7, 11) is 3.57. The molecule has 28 heavy (non-hydrogen) atoms. The molecule has 1 atom stereocenters. The van der Waals surface area contributed by atoms with E-state index in [9.17, 15) is 4.39 Å². The molecule has 0 radical (unpaired) electrons. The van der Waals surface area contributed by atoms with E-state index in [1.807, 2.05) is 7.11 Å². The molecule has 2 heterocycles. The third-order valence-electron chi connectivity index (χ3n) is 6.70. The fraction of sp³-hybridized carbons (Fsp3) is 1.00. The van der Waals surface area contributed by atoms with Gasteiger partial charge in [0.1, 0.15) is 6.17 Å². The Labute approximate surface area is 170 Å². The van der Waals surface area contributed by atoms with E-state index in [1.54, 1.807) is 7.11 Å². The second-order valence-corrected chi connectivity index (χ2v) is 9.58. The van der Waals surface area contributed by atoms with Crippen LogP contribution in [-0.4, -0.2) is 95.9 Å². The zero-order valence-corrected chi connectivity index (χ0v) is 18.1. The Morgan fingerprint density at radius 3 is 2.04 bits per heavy atom. The highest BCUT2D eigenvalue weighted by molar-refractivity contribution is 4.96. The molecular formula is C22H41FN2O3. The first-order valence-corrected chi connectivity index (χ1v) is 11.2. The number of halogens is 1. The smallest absolute Gasteiger partial charge is 0.113 e. The molecule has 0 aromatic heterocycles. The van der Waals surface area contributed by atoms with Crippen molar-refractivity contribution in [2.24, 2.45) is 10.8 Å². The Balaban J connectivity index is 0.000000161. The number of rotatable bonds is 8. The van der Waals surface area contributed by atoms with Crippen molar-refractivity contribution in [3.8, 4) is 0 Å². The molecule has 4 fully saturated rings. The molecular weight excluding hydrogens is 359 g/mol. The molecule has 2 saturated carbocycles. The molecule has 0 spiro atoms. The predicted molar refractivity (Wildman–Crippen MR) is 110 cm³/mol. The van der Waals surface area contributed by atoms with Crippen LogP contribution in [0.3, 0.4) is 0 Å². The Morgan fingerprint density at radius 2 is 1.46 bits per heavy atom. The van der Waals surface area contributed by atoms with E-state index in [0.717, 1.165) is 58.9 Å². The number of likely N-dealkylation sites (tertiary alicyclic amines) is 1. The van der Waals surface area contributed by atoms with Crippen LogP contribution in [0.2, 0.25) is 0 Å². The molecule has 4 rings (SSSR count). The lowest BCUT2D eigenvalue weighted by Crippen LogP contribution is -2.40. The maximum Gasteiger partial charge on any atom is 0.113 e. The highest BCUT2D eigenvalue weighted by Crippen LogP contribution is 2.47. The van der Waals surface area contributed by atoms with Crippen molar-refractivity contribution in [2.75, 3.05) is 79.9 Å². The van der Waals surface area contributed by atoms with E-state index in [4.69, 9.17) is 14.2 Å². The SMILES string of the molecule is COCC1(CN2CCCC(F)C2)CC1.COCC1(CN2CCCOCC2)CC1. The number of ether oxygens (including phenoxy) is 3. The van der Waals surface area contributed by atoms with Crippen LogP contribution in [0.4, 0.5) is 4.39 Å². The minimum atomic E-state index is -0.595. The van der Waals surface area contributed by atoms with Gasteiger partial charge in [-0.1, -0.05) is 0 Å². The molecule has 0 amide bonds. The average molecular weight is 401 g/mol. The Kier molecular flexibility index (Phi) is 8.54. The summed E-state index contributed by atoms with van der Waals surface area (Å²) in [5.41, 5.74) is 0.880. The fourth-order valence-electron chi connectivity index (χ4n) is 4.71. The summed E-state index contributed by atoms with van der Waals surface area (Å²) in [6, 6.07) is 0. The minimum Gasteiger partial charge on any atom is -0.384 e. The maximum atomic E-state index is 13.1. The molecule has 2 aliphatic heterocycles. The Hall–Kier alpha value is -0.270. The molecule has 6 heteroatoms. The van der Waals surface area contributed by atoms with Crippen molar-refractivity contribution in [3.63, 3.8) is 0 Å². The van der Waals surface area contributed by atoms with Gasteiger partial charge in [0.2, 0.25) is 0 Å². The lowest BCUT2D eigenvalue weighted by molar-refractivity contribution is 0.0771. The summed E-state index contributed by atoms with van der Waals surface area (Å²) in [5.74, 6) is 0. The molecule has 4 aliphatic rings. The van der Waals surface area contributed by atoms with Gasteiger partial charge in [-0.3, -0.25) is 4.90 Å². The third kappa shape index (κ3) is 7.21. The topological polar surface area (TPSA) is 34.2 Å². The summed E-state index contributed by atoms with van der Waals surface area (Å²) >= 11 is 0. The first-order chi connectivity index (χ1) is 13.6. The second-order valence-electron chi connectivity index (χ2n) is 9.58. The lowest BCUT2D eigenvalue weighted by Gasteiger charge is -2.32. The minimum absolute atomic E-state index is 0.381. The quantitative estimate of drug-likeness (QED) is 0.626. The van der Waals surface area contributed by atoms with E-state index < -0.39 is 6.17 Å². The van der Waals surface area contributed by atoms with E-state index in [2.05, 4.69) is 9.80 Å². The van der Waals surface area contributed by atoms with E-state index in [-0.39, 0.29) is 0 Å². The first-order valence-electron chi connectivity index (χ1n) is 11.2. The second kappa shape index (κ2) is 10.7. The van der Waals surface area contributed by atoms with Gasteiger partial charge in [-0.2, -0.15) is 0 Å². The number of hydrogen-bond donors (Lipinski definition) is 0. The van der Waals surface area contributed by atoms with Crippen LogP contribution in [-0.2, 0) is 14.2 Å².